The number of hydrogen-bond donors (Lipinski definition) is 0. The highest BCUT2D eigenvalue weighted by atomic mass is 32.2. The monoisotopic (exact) mass is 469 g/mol. The number of anilines is 1. The summed E-state index contributed by atoms with van der Waals surface area (Å²) in [6.45, 7) is 8.31. The lowest BCUT2D eigenvalue weighted by Crippen LogP contribution is -2.32. The van der Waals surface area contributed by atoms with Crippen molar-refractivity contribution in [3.63, 3.8) is 0 Å². The maximum absolute atomic E-state index is 14.3. The van der Waals surface area contributed by atoms with Crippen LogP contribution in [0.15, 0.2) is 30.3 Å². The van der Waals surface area contributed by atoms with Crippen molar-refractivity contribution in [3.8, 4) is 0 Å². The van der Waals surface area contributed by atoms with Gasteiger partial charge in [0, 0.05) is 5.56 Å². The number of benzene rings is 2. The van der Waals surface area contributed by atoms with Crippen LogP contribution in [0.5, 0.6) is 0 Å². The van der Waals surface area contributed by atoms with E-state index in [1.54, 1.807) is 46.8 Å². The maximum Gasteiger partial charge on any atom is 0.339 e. The van der Waals surface area contributed by atoms with Crippen LogP contribution in [-0.4, -0.2) is 33.4 Å². The smallest absolute Gasteiger partial charge is 0.339 e. The number of aryl methyl sites for hydroxylation is 1. The molecule has 0 fully saturated rings. The molecule has 0 saturated carbocycles. The van der Waals surface area contributed by atoms with E-state index in [4.69, 9.17) is 9.47 Å². The minimum Gasteiger partial charge on any atom is -0.467 e. The Morgan fingerprint density at radius 3 is 2.31 bits per heavy atom. The number of carbonyl (C=O) groups is 1. The quantitative estimate of drug-likeness (QED) is 0.555. The van der Waals surface area contributed by atoms with Gasteiger partial charge in [0.05, 0.1) is 31.2 Å². The van der Waals surface area contributed by atoms with Crippen LogP contribution in [0.3, 0.4) is 0 Å². The fourth-order valence-electron chi connectivity index (χ4n) is 3.30. The van der Waals surface area contributed by atoms with Gasteiger partial charge in [0.1, 0.15) is 0 Å². The van der Waals surface area contributed by atoms with Crippen molar-refractivity contribution in [2.75, 3.05) is 17.7 Å². The van der Waals surface area contributed by atoms with Crippen molar-refractivity contribution in [1.82, 2.24) is 0 Å². The second kappa shape index (κ2) is 9.54. The first-order valence-corrected chi connectivity index (χ1v) is 11.8. The molecule has 0 heterocycles. The molecule has 32 heavy (non-hydrogen) atoms. The van der Waals surface area contributed by atoms with Gasteiger partial charge < -0.3 is 9.47 Å². The van der Waals surface area contributed by atoms with E-state index < -0.39 is 45.9 Å². The van der Waals surface area contributed by atoms with E-state index in [0.717, 1.165) is 16.6 Å². The first kappa shape index (κ1) is 25.7. The Labute approximate surface area is 188 Å². The molecule has 0 aliphatic carbocycles. The molecule has 0 bridgehead atoms. The summed E-state index contributed by atoms with van der Waals surface area (Å²) in [4.78, 5) is 12.5. The number of esters is 1. The molecule has 2 aromatic carbocycles. The summed E-state index contributed by atoms with van der Waals surface area (Å²) >= 11 is 0. The van der Waals surface area contributed by atoms with Crippen molar-refractivity contribution in [3.05, 3.63) is 64.2 Å². The standard InChI is InChI=1S/C23H29F2NO5S/c1-14-11-17(21(22(27)30-6)31-23(3,4)5)15(2)19(12-14)26(32(7,28)29)13-16-9-8-10-18(24)20(16)25/h8-12,21H,13H2,1-7H3/t21-/m0/s1. The lowest BCUT2D eigenvalue weighted by Gasteiger charge is -2.30. The van der Waals surface area contributed by atoms with Crippen LogP contribution in [0.1, 0.15) is 49.1 Å². The lowest BCUT2D eigenvalue weighted by atomic mass is 9.97. The molecule has 2 aromatic rings. The predicted molar refractivity (Wildman–Crippen MR) is 119 cm³/mol. The third-order valence-corrected chi connectivity index (χ3v) is 5.87. The highest BCUT2D eigenvalue weighted by molar-refractivity contribution is 7.92. The normalized spacial score (nSPS) is 13.0. The summed E-state index contributed by atoms with van der Waals surface area (Å²) in [6, 6.07) is 6.93. The Morgan fingerprint density at radius 1 is 1.16 bits per heavy atom. The number of carbonyl (C=O) groups excluding carboxylic acids is 1. The Morgan fingerprint density at radius 2 is 1.78 bits per heavy atom. The molecule has 0 aromatic heterocycles. The summed E-state index contributed by atoms with van der Waals surface area (Å²) in [7, 11) is -2.66. The van der Waals surface area contributed by atoms with E-state index in [1.165, 1.54) is 19.2 Å². The fourth-order valence-corrected chi connectivity index (χ4v) is 4.22. The molecule has 0 aliphatic rings. The van der Waals surface area contributed by atoms with Gasteiger partial charge in [-0.1, -0.05) is 18.2 Å². The molecule has 2 rings (SSSR count). The van der Waals surface area contributed by atoms with Crippen molar-refractivity contribution in [2.24, 2.45) is 0 Å². The van der Waals surface area contributed by atoms with E-state index in [0.29, 0.717) is 16.7 Å². The third-order valence-electron chi connectivity index (χ3n) is 4.75. The zero-order valence-corrected chi connectivity index (χ0v) is 20.1. The average molecular weight is 470 g/mol. The van der Waals surface area contributed by atoms with Crippen LogP contribution < -0.4 is 4.31 Å². The van der Waals surface area contributed by atoms with Gasteiger partial charge >= 0.3 is 5.97 Å². The summed E-state index contributed by atoms with van der Waals surface area (Å²) in [5.74, 6) is -2.82. The predicted octanol–water partition coefficient (Wildman–Crippen LogP) is 4.58. The molecule has 0 radical (unpaired) electrons. The first-order chi connectivity index (χ1) is 14.7. The second-order valence-electron chi connectivity index (χ2n) is 8.61. The van der Waals surface area contributed by atoms with Crippen LogP contribution in [-0.2, 0) is 30.8 Å². The second-order valence-corrected chi connectivity index (χ2v) is 10.5. The number of hydrogen-bond acceptors (Lipinski definition) is 5. The largest absolute Gasteiger partial charge is 0.467 e. The van der Waals surface area contributed by atoms with E-state index in [1.807, 2.05) is 0 Å². The first-order valence-electron chi connectivity index (χ1n) is 9.93. The van der Waals surface area contributed by atoms with Crippen molar-refractivity contribution >= 4 is 21.7 Å². The Kier molecular flexibility index (Phi) is 7.67. The van der Waals surface area contributed by atoms with Gasteiger partial charge in [-0.05, 0) is 63.4 Å². The molecular weight excluding hydrogens is 440 g/mol. The summed E-state index contributed by atoms with van der Waals surface area (Å²) in [5.41, 5.74) is 0.940. The SMILES string of the molecule is COC(=O)[C@@H](OC(C)(C)C)c1cc(C)cc(N(Cc2cccc(F)c2F)S(C)(=O)=O)c1C. The zero-order chi connectivity index (χ0) is 24.4. The van der Waals surface area contributed by atoms with E-state index >= 15 is 0 Å². The van der Waals surface area contributed by atoms with Gasteiger partial charge in [-0.3, -0.25) is 4.31 Å². The Balaban J connectivity index is 2.69. The maximum atomic E-state index is 14.3. The summed E-state index contributed by atoms with van der Waals surface area (Å²) in [6.07, 6.45) is -0.124. The number of halogens is 2. The van der Waals surface area contributed by atoms with Gasteiger partial charge in [0.2, 0.25) is 10.0 Å². The fraction of sp³-hybridized carbons (Fsp3) is 0.435. The molecule has 0 N–H and O–H groups in total. The number of sulfonamides is 1. The van der Waals surface area contributed by atoms with Crippen LogP contribution >= 0.6 is 0 Å². The number of methoxy groups -OCH3 is 1. The van der Waals surface area contributed by atoms with Crippen molar-refractivity contribution in [1.29, 1.82) is 0 Å². The number of rotatable bonds is 7. The highest BCUT2D eigenvalue weighted by Crippen LogP contribution is 2.35. The van der Waals surface area contributed by atoms with Gasteiger partial charge in [0.15, 0.2) is 17.7 Å². The van der Waals surface area contributed by atoms with Crippen molar-refractivity contribution in [2.45, 2.75) is 52.9 Å². The van der Waals surface area contributed by atoms with Gasteiger partial charge in [-0.15, -0.1) is 0 Å². The van der Waals surface area contributed by atoms with Gasteiger partial charge in [-0.2, -0.15) is 0 Å². The number of ether oxygens (including phenoxy) is 2. The Bertz CT molecular complexity index is 1110. The van der Waals surface area contributed by atoms with Gasteiger partial charge in [-0.25, -0.2) is 22.0 Å². The molecule has 0 spiro atoms. The van der Waals surface area contributed by atoms with Gasteiger partial charge in [0.25, 0.3) is 0 Å². The molecule has 6 nitrogen and oxygen atoms in total. The van der Waals surface area contributed by atoms with E-state index in [2.05, 4.69) is 0 Å². The average Bonchev–Trinajstić information content (AvgIpc) is 2.67. The molecule has 0 amide bonds. The molecule has 9 heteroatoms. The van der Waals surface area contributed by atoms with Crippen LogP contribution in [0, 0.1) is 25.5 Å². The molecule has 176 valence electrons. The summed E-state index contributed by atoms with van der Waals surface area (Å²) < 4.78 is 65.2. The zero-order valence-electron chi connectivity index (χ0n) is 19.3. The molecule has 1 atom stereocenters. The van der Waals surface area contributed by atoms with Crippen LogP contribution in [0.2, 0.25) is 0 Å². The minimum absolute atomic E-state index is 0.117. The molecular formula is C23H29F2NO5S. The minimum atomic E-state index is -3.90. The molecule has 0 aliphatic heterocycles. The van der Waals surface area contributed by atoms with Crippen LogP contribution in [0.4, 0.5) is 14.5 Å². The Hall–Kier alpha value is -2.52. The molecule has 0 unspecified atom stereocenters. The summed E-state index contributed by atoms with van der Waals surface area (Å²) in [5, 5.41) is 0. The third kappa shape index (κ3) is 6.04. The topological polar surface area (TPSA) is 72.9 Å². The highest BCUT2D eigenvalue weighted by Gasteiger charge is 2.32. The van der Waals surface area contributed by atoms with E-state index in [9.17, 15) is 22.0 Å². The van der Waals surface area contributed by atoms with E-state index in [-0.39, 0.29) is 11.3 Å². The van der Waals surface area contributed by atoms with Crippen LogP contribution in [0.25, 0.3) is 0 Å². The van der Waals surface area contributed by atoms with Crippen molar-refractivity contribution < 1.29 is 31.5 Å². The number of nitrogens with zero attached hydrogens (tertiary/aromatic N) is 1. The molecule has 0 saturated heterocycles. The lowest BCUT2D eigenvalue weighted by molar-refractivity contribution is -0.164.